The molecule has 0 radical (unpaired) electrons. The van der Waals surface area contributed by atoms with Crippen LogP contribution in [-0.2, 0) is 0 Å². The molecule has 1 fully saturated rings. The van der Waals surface area contributed by atoms with Crippen LogP contribution in [0.15, 0.2) is 36.7 Å². The van der Waals surface area contributed by atoms with Crippen molar-refractivity contribution in [3.05, 3.63) is 42.2 Å². The highest BCUT2D eigenvalue weighted by Crippen LogP contribution is 2.37. The summed E-state index contributed by atoms with van der Waals surface area (Å²) in [6, 6.07) is 9.00. The number of fused-ring (bicyclic) bond motifs is 1. The molecule has 1 aliphatic heterocycles. The predicted molar refractivity (Wildman–Crippen MR) is 83.6 cm³/mol. The zero-order valence-electron chi connectivity index (χ0n) is 11.3. The van der Waals surface area contributed by atoms with Crippen LogP contribution in [0, 0.1) is 0 Å². The molecule has 0 saturated carbocycles. The zero-order chi connectivity index (χ0) is 13.1. The molecule has 2 aromatic rings. The number of nitrogens with zero attached hydrogens (tertiary/aromatic N) is 1. The van der Waals surface area contributed by atoms with Gasteiger partial charge in [-0.25, -0.2) is 0 Å². The SMILES string of the molecule is CCNC(c1cncc2ccccc12)C1CCCS1. The van der Waals surface area contributed by atoms with Crippen LogP contribution in [0.2, 0.25) is 0 Å². The predicted octanol–water partition coefficient (Wildman–Crippen LogP) is 3.78. The van der Waals surface area contributed by atoms with Crippen LogP contribution < -0.4 is 5.32 Å². The van der Waals surface area contributed by atoms with Crippen molar-refractivity contribution in [1.29, 1.82) is 0 Å². The maximum atomic E-state index is 4.44. The minimum atomic E-state index is 0.427. The Hall–Kier alpha value is -1.06. The fourth-order valence-electron chi connectivity index (χ4n) is 2.91. The third kappa shape index (κ3) is 2.63. The molecule has 2 heterocycles. The Balaban J connectivity index is 2.03. The Morgan fingerprint density at radius 3 is 3.05 bits per heavy atom. The number of benzene rings is 1. The molecule has 1 N–H and O–H groups in total. The molecule has 1 aromatic heterocycles. The Labute approximate surface area is 119 Å². The van der Waals surface area contributed by atoms with Crippen molar-refractivity contribution in [2.45, 2.75) is 31.1 Å². The summed E-state index contributed by atoms with van der Waals surface area (Å²) in [5.74, 6) is 1.30. The molecule has 1 saturated heterocycles. The van der Waals surface area contributed by atoms with E-state index in [0.717, 1.165) is 6.54 Å². The van der Waals surface area contributed by atoms with Crippen molar-refractivity contribution in [1.82, 2.24) is 10.3 Å². The molecule has 0 amide bonds. The van der Waals surface area contributed by atoms with Gasteiger partial charge in [0.05, 0.1) is 0 Å². The van der Waals surface area contributed by atoms with Gasteiger partial charge >= 0.3 is 0 Å². The fourth-order valence-corrected chi connectivity index (χ4v) is 4.32. The van der Waals surface area contributed by atoms with E-state index < -0.39 is 0 Å². The Kier molecular flexibility index (Phi) is 4.04. The molecule has 2 unspecified atom stereocenters. The van der Waals surface area contributed by atoms with Crippen molar-refractivity contribution in [2.24, 2.45) is 0 Å². The van der Waals surface area contributed by atoms with Crippen LogP contribution in [0.1, 0.15) is 31.4 Å². The normalized spacial score (nSPS) is 20.8. The van der Waals surface area contributed by atoms with Crippen LogP contribution in [0.25, 0.3) is 10.8 Å². The van der Waals surface area contributed by atoms with E-state index in [9.17, 15) is 0 Å². The van der Waals surface area contributed by atoms with Gasteiger partial charge in [0.25, 0.3) is 0 Å². The second-order valence-corrected chi connectivity index (χ2v) is 6.38. The maximum Gasteiger partial charge on any atom is 0.0462 e. The lowest BCUT2D eigenvalue weighted by Gasteiger charge is -2.25. The Morgan fingerprint density at radius 2 is 2.26 bits per heavy atom. The lowest BCUT2D eigenvalue weighted by atomic mass is 9.97. The number of rotatable bonds is 4. The molecule has 1 aromatic carbocycles. The van der Waals surface area contributed by atoms with Crippen molar-refractivity contribution in [3.63, 3.8) is 0 Å². The molecule has 19 heavy (non-hydrogen) atoms. The Morgan fingerprint density at radius 1 is 1.37 bits per heavy atom. The van der Waals surface area contributed by atoms with E-state index >= 15 is 0 Å². The second kappa shape index (κ2) is 5.93. The third-order valence-electron chi connectivity index (χ3n) is 3.79. The number of thioether (sulfide) groups is 1. The summed E-state index contributed by atoms with van der Waals surface area (Å²) in [5.41, 5.74) is 1.36. The van der Waals surface area contributed by atoms with E-state index in [-0.39, 0.29) is 0 Å². The minimum Gasteiger partial charge on any atom is -0.309 e. The number of pyridine rings is 1. The highest BCUT2D eigenvalue weighted by Gasteiger charge is 2.27. The molecule has 3 heteroatoms. The first-order valence-electron chi connectivity index (χ1n) is 7.08. The maximum absolute atomic E-state index is 4.44. The molecule has 0 spiro atoms. The molecular formula is C16H20N2S. The van der Waals surface area contributed by atoms with Crippen molar-refractivity contribution in [3.8, 4) is 0 Å². The largest absolute Gasteiger partial charge is 0.309 e. The van der Waals surface area contributed by atoms with Gasteiger partial charge in [0, 0.05) is 29.1 Å². The first-order valence-corrected chi connectivity index (χ1v) is 8.12. The number of aromatic nitrogens is 1. The van der Waals surface area contributed by atoms with Gasteiger partial charge in [-0.2, -0.15) is 11.8 Å². The molecule has 0 aliphatic carbocycles. The summed E-state index contributed by atoms with van der Waals surface area (Å²) in [7, 11) is 0. The highest BCUT2D eigenvalue weighted by atomic mass is 32.2. The number of hydrogen-bond donors (Lipinski definition) is 1. The fraction of sp³-hybridized carbons (Fsp3) is 0.438. The molecule has 3 rings (SSSR count). The lowest BCUT2D eigenvalue weighted by Crippen LogP contribution is -2.29. The minimum absolute atomic E-state index is 0.427. The van der Waals surface area contributed by atoms with Gasteiger partial charge in [0.1, 0.15) is 0 Å². The van der Waals surface area contributed by atoms with Crippen LogP contribution in [0.3, 0.4) is 0 Å². The average molecular weight is 272 g/mol. The molecule has 1 aliphatic rings. The van der Waals surface area contributed by atoms with Crippen LogP contribution in [0.5, 0.6) is 0 Å². The molecular weight excluding hydrogens is 252 g/mol. The molecule has 2 nitrogen and oxygen atoms in total. The van der Waals surface area contributed by atoms with Gasteiger partial charge in [-0.3, -0.25) is 4.98 Å². The lowest BCUT2D eigenvalue weighted by molar-refractivity contribution is 0.521. The summed E-state index contributed by atoms with van der Waals surface area (Å²) in [6.07, 6.45) is 6.67. The van der Waals surface area contributed by atoms with Crippen LogP contribution in [-0.4, -0.2) is 22.5 Å². The first kappa shape index (κ1) is 12.9. The number of nitrogens with one attached hydrogen (secondary N) is 1. The quantitative estimate of drug-likeness (QED) is 0.917. The molecule has 2 atom stereocenters. The monoisotopic (exact) mass is 272 g/mol. The van der Waals surface area contributed by atoms with E-state index in [4.69, 9.17) is 0 Å². The van der Waals surface area contributed by atoms with Gasteiger partial charge in [0.2, 0.25) is 0 Å². The van der Waals surface area contributed by atoms with E-state index in [1.165, 1.54) is 34.9 Å². The van der Waals surface area contributed by atoms with E-state index in [2.05, 4.69) is 59.4 Å². The average Bonchev–Trinajstić information content (AvgIpc) is 2.98. The highest BCUT2D eigenvalue weighted by molar-refractivity contribution is 8.00. The van der Waals surface area contributed by atoms with Crippen LogP contribution >= 0.6 is 11.8 Å². The molecule has 0 bridgehead atoms. The van der Waals surface area contributed by atoms with Crippen molar-refractivity contribution in [2.75, 3.05) is 12.3 Å². The van der Waals surface area contributed by atoms with E-state index in [1.54, 1.807) is 0 Å². The summed E-state index contributed by atoms with van der Waals surface area (Å²) >= 11 is 2.10. The first-order chi connectivity index (χ1) is 9.40. The summed E-state index contributed by atoms with van der Waals surface area (Å²) < 4.78 is 0. The van der Waals surface area contributed by atoms with Gasteiger partial charge in [-0.15, -0.1) is 0 Å². The van der Waals surface area contributed by atoms with E-state index in [0.29, 0.717) is 11.3 Å². The van der Waals surface area contributed by atoms with Gasteiger partial charge in [0.15, 0.2) is 0 Å². The summed E-state index contributed by atoms with van der Waals surface area (Å²) in [5, 5.41) is 6.94. The van der Waals surface area contributed by atoms with Crippen molar-refractivity contribution < 1.29 is 0 Å². The number of hydrogen-bond acceptors (Lipinski definition) is 3. The third-order valence-corrected chi connectivity index (χ3v) is 5.26. The van der Waals surface area contributed by atoms with Gasteiger partial charge in [-0.1, -0.05) is 31.2 Å². The van der Waals surface area contributed by atoms with Gasteiger partial charge in [-0.05, 0) is 36.1 Å². The van der Waals surface area contributed by atoms with Crippen molar-refractivity contribution >= 4 is 22.5 Å². The Bertz CT molecular complexity index is 544. The smallest absolute Gasteiger partial charge is 0.0462 e. The second-order valence-electron chi connectivity index (χ2n) is 5.04. The standard InChI is InChI=1S/C16H20N2S/c1-2-18-16(15-8-5-9-19-15)14-11-17-10-12-6-3-4-7-13(12)14/h3-4,6-7,10-11,15-16,18H,2,5,8-9H2,1H3. The summed E-state index contributed by atoms with van der Waals surface area (Å²) in [6.45, 7) is 3.19. The topological polar surface area (TPSA) is 24.9 Å². The zero-order valence-corrected chi connectivity index (χ0v) is 12.1. The summed E-state index contributed by atoms with van der Waals surface area (Å²) in [4.78, 5) is 4.44. The van der Waals surface area contributed by atoms with E-state index in [1.807, 2.05) is 6.20 Å². The molecule has 100 valence electrons. The van der Waals surface area contributed by atoms with Crippen LogP contribution in [0.4, 0.5) is 0 Å². The van der Waals surface area contributed by atoms with Gasteiger partial charge < -0.3 is 5.32 Å².